The number of hydrogen-bond acceptors (Lipinski definition) is 2. The van der Waals surface area contributed by atoms with Crippen LogP contribution in [0.25, 0.3) is 0 Å². The van der Waals surface area contributed by atoms with E-state index < -0.39 is 6.10 Å². The molecule has 0 spiro atoms. The standard InChI is InChI=1S/C13H19NO2/c1-4-11-8-6-7-9-12(11)16-10(3)13(15)14-5-2/h6-10H,4-5H2,1-3H3,(H,14,15)/t10-/m0/s1. The van der Waals surface area contributed by atoms with Crippen LogP contribution in [0.2, 0.25) is 0 Å². The lowest BCUT2D eigenvalue weighted by Gasteiger charge is -2.16. The maximum absolute atomic E-state index is 11.5. The number of carbonyl (C=O) groups excluding carboxylic acids is 1. The highest BCUT2D eigenvalue weighted by atomic mass is 16.5. The zero-order chi connectivity index (χ0) is 12.0. The van der Waals surface area contributed by atoms with Gasteiger partial charge in [0, 0.05) is 6.54 Å². The van der Waals surface area contributed by atoms with Crippen molar-refractivity contribution in [2.75, 3.05) is 6.54 Å². The Kier molecular flexibility index (Phi) is 4.83. The second-order valence-electron chi connectivity index (χ2n) is 3.62. The number of amides is 1. The smallest absolute Gasteiger partial charge is 0.260 e. The Labute approximate surface area is 96.8 Å². The summed E-state index contributed by atoms with van der Waals surface area (Å²) in [5.41, 5.74) is 1.12. The first kappa shape index (κ1) is 12.6. The molecule has 1 amide bonds. The largest absolute Gasteiger partial charge is 0.481 e. The number of aryl methyl sites for hydroxylation is 1. The third-order valence-corrected chi connectivity index (χ3v) is 2.38. The molecule has 0 aliphatic carbocycles. The fourth-order valence-corrected chi connectivity index (χ4v) is 1.47. The number of para-hydroxylation sites is 1. The molecule has 3 heteroatoms. The molecule has 1 N–H and O–H groups in total. The molecule has 0 aliphatic rings. The average Bonchev–Trinajstić information content (AvgIpc) is 2.30. The fraction of sp³-hybridized carbons (Fsp3) is 0.462. The normalized spacial score (nSPS) is 11.9. The minimum absolute atomic E-state index is 0.0755. The molecule has 0 bridgehead atoms. The van der Waals surface area contributed by atoms with E-state index in [2.05, 4.69) is 12.2 Å². The van der Waals surface area contributed by atoms with E-state index in [9.17, 15) is 4.79 Å². The van der Waals surface area contributed by atoms with Crippen molar-refractivity contribution in [2.45, 2.75) is 33.3 Å². The number of benzene rings is 1. The van der Waals surface area contributed by atoms with Crippen LogP contribution >= 0.6 is 0 Å². The number of hydrogen-bond donors (Lipinski definition) is 1. The summed E-state index contributed by atoms with van der Waals surface area (Å²) in [6.07, 6.45) is 0.450. The van der Waals surface area contributed by atoms with Crippen LogP contribution in [0.4, 0.5) is 0 Å². The van der Waals surface area contributed by atoms with E-state index in [-0.39, 0.29) is 5.91 Å². The van der Waals surface area contributed by atoms with E-state index in [1.165, 1.54) is 0 Å². The van der Waals surface area contributed by atoms with E-state index in [1.807, 2.05) is 31.2 Å². The van der Waals surface area contributed by atoms with Gasteiger partial charge in [0.1, 0.15) is 5.75 Å². The van der Waals surface area contributed by atoms with Crippen molar-refractivity contribution in [3.63, 3.8) is 0 Å². The van der Waals surface area contributed by atoms with E-state index in [0.29, 0.717) is 6.54 Å². The summed E-state index contributed by atoms with van der Waals surface area (Å²) in [5.74, 6) is 0.720. The first-order chi connectivity index (χ1) is 7.69. The highest BCUT2D eigenvalue weighted by Crippen LogP contribution is 2.19. The monoisotopic (exact) mass is 221 g/mol. The maximum Gasteiger partial charge on any atom is 0.260 e. The van der Waals surface area contributed by atoms with Crippen LogP contribution in [0.5, 0.6) is 5.75 Å². The van der Waals surface area contributed by atoms with E-state index >= 15 is 0 Å². The molecule has 1 atom stereocenters. The Morgan fingerprint density at radius 1 is 1.38 bits per heavy atom. The average molecular weight is 221 g/mol. The second-order valence-corrected chi connectivity index (χ2v) is 3.62. The van der Waals surface area contributed by atoms with Crippen molar-refractivity contribution in [1.82, 2.24) is 5.32 Å². The zero-order valence-electron chi connectivity index (χ0n) is 10.1. The van der Waals surface area contributed by atoms with Gasteiger partial charge in [0.05, 0.1) is 0 Å². The number of carbonyl (C=O) groups is 1. The lowest BCUT2D eigenvalue weighted by atomic mass is 10.1. The molecule has 0 radical (unpaired) electrons. The van der Waals surface area contributed by atoms with E-state index in [4.69, 9.17) is 4.74 Å². The predicted octanol–water partition coefficient (Wildman–Crippen LogP) is 2.15. The molecule has 1 rings (SSSR count). The van der Waals surface area contributed by atoms with Crippen molar-refractivity contribution in [3.05, 3.63) is 29.8 Å². The fourth-order valence-electron chi connectivity index (χ4n) is 1.47. The molecule has 0 saturated heterocycles. The van der Waals surface area contributed by atoms with Crippen LogP contribution in [0.15, 0.2) is 24.3 Å². The highest BCUT2D eigenvalue weighted by Gasteiger charge is 2.14. The third-order valence-electron chi connectivity index (χ3n) is 2.38. The van der Waals surface area contributed by atoms with Gasteiger partial charge in [-0.05, 0) is 31.9 Å². The minimum Gasteiger partial charge on any atom is -0.481 e. The number of rotatable bonds is 5. The predicted molar refractivity (Wildman–Crippen MR) is 64.6 cm³/mol. The van der Waals surface area contributed by atoms with Crippen molar-refractivity contribution < 1.29 is 9.53 Å². The van der Waals surface area contributed by atoms with Crippen molar-refractivity contribution in [3.8, 4) is 5.75 Å². The summed E-state index contributed by atoms with van der Waals surface area (Å²) in [6, 6.07) is 7.80. The Bertz CT molecular complexity index is 350. The van der Waals surface area contributed by atoms with Gasteiger partial charge in [-0.3, -0.25) is 4.79 Å². The summed E-state index contributed by atoms with van der Waals surface area (Å²) in [4.78, 5) is 11.5. The Morgan fingerprint density at radius 3 is 2.69 bits per heavy atom. The van der Waals surface area contributed by atoms with Crippen LogP contribution in [0, 0.1) is 0 Å². The maximum atomic E-state index is 11.5. The lowest BCUT2D eigenvalue weighted by molar-refractivity contribution is -0.127. The van der Waals surface area contributed by atoms with Crippen LogP contribution in [0.1, 0.15) is 26.3 Å². The Morgan fingerprint density at radius 2 is 2.06 bits per heavy atom. The van der Waals surface area contributed by atoms with E-state index in [1.54, 1.807) is 6.92 Å². The molecule has 0 heterocycles. The minimum atomic E-state index is -0.451. The summed E-state index contributed by atoms with van der Waals surface area (Å²) < 4.78 is 5.64. The van der Waals surface area contributed by atoms with Gasteiger partial charge in [0.2, 0.25) is 0 Å². The molecule has 88 valence electrons. The molecule has 0 unspecified atom stereocenters. The summed E-state index contributed by atoms with van der Waals surface area (Å²) in [7, 11) is 0. The van der Waals surface area contributed by atoms with Gasteiger partial charge in [-0.1, -0.05) is 25.1 Å². The van der Waals surface area contributed by atoms with Crippen molar-refractivity contribution in [2.24, 2.45) is 0 Å². The number of ether oxygens (including phenoxy) is 1. The Hall–Kier alpha value is -1.51. The van der Waals surface area contributed by atoms with Crippen molar-refractivity contribution >= 4 is 5.91 Å². The van der Waals surface area contributed by atoms with Crippen LogP contribution in [-0.2, 0) is 11.2 Å². The number of nitrogens with one attached hydrogen (secondary N) is 1. The molecular formula is C13H19NO2. The SMILES string of the molecule is CCNC(=O)[C@H](C)Oc1ccccc1CC. The number of likely N-dealkylation sites (N-methyl/N-ethyl adjacent to an activating group) is 1. The highest BCUT2D eigenvalue weighted by molar-refractivity contribution is 5.80. The third kappa shape index (κ3) is 3.26. The molecule has 0 saturated carbocycles. The van der Waals surface area contributed by atoms with Crippen LogP contribution in [0.3, 0.4) is 0 Å². The van der Waals surface area contributed by atoms with Gasteiger partial charge in [0.25, 0.3) is 5.91 Å². The molecule has 16 heavy (non-hydrogen) atoms. The molecule has 0 fully saturated rings. The summed E-state index contributed by atoms with van der Waals surface area (Å²) in [6.45, 7) is 6.35. The van der Waals surface area contributed by atoms with Crippen molar-refractivity contribution in [1.29, 1.82) is 0 Å². The Balaban J connectivity index is 2.68. The van der Waals surface area contributed by atoms with Gasteiger partial charge in [-0.25, -0.2) is 0 Å². The van der Waals surface area contributed by atoms with Crippen LogP contribution in [-0.4, -0.2) is 18.6 Å². The van der Waals surface area contributed by atoms with Gasteiger partial charge in [-0.15, -0.1) is 0 Å². The van der Waals surface area contributed by atoms with Gasteiger partial charge in [-0.2, -0.15) is 0 Å². The van der Waals surface area contributed by atoms with Crippen LogP contribution < -0.4 is 10.1 Å². The van der Waals surface area contributed by atoms with Gasteiger partial charge < -0.3 is 10.1 Å². The van der Waals surface area contributed by atoms with Gasteiger partial charge >= 0.3 is 0 Å². The quantitative estimate of drug-likeness (QED) is 0.827. The molecule has 3 nitrogen and oxygen atoms in total. The molecule has 1 aromatic carbocycles. The first-order valence-electron chi connectivity index (χ1n) is 5.71. The molecule has 0 aromatic heterocycles. The molecule has 1 aromatic rings. The topological polar surface area (TPSA) is 38.3 Å². The summed E-state index contributed by atoms with van der Waals surface area (Å²) in [5, 5.41) is 2.74. The summed E-state index contributed by atoms with van der Waals surface area (Å²) >= 11 is 0. The zero-order valence-corrected chi connectivity index (χ0v) is 10.1. The second kappa shape index (κ2) is 6.16. The molecular weight excluding hydrogens is 202 g/mol. The molecule has 0 aliphatic heterocycles. The first-order valence-corrected chi connectivity index (χ1v) is 5.71. The van der Waals surface area contributed by atoms with Gasteiger partial charge in [0.15, 0.2) is 6.10 Å². The lowest BCUT2D eigenvalue weighted by Crippen LogP contribution is -2.36. The van der Waals surface area contributed by atoms with E-state index in [0.717, 1.165) is 17.7 Å².